The average molecular weight is 423 g/mol. The highest BCUT2D eigenvalue weighted by Crippen LogP contribution is 2.32. The molecule has 3 N–H and O–H groups in total. The van der Waals surface area contributed by atoms with Crippen LogP contribution < -0.4 is 5.32 Å². The number of fused-ring (bicyclic) bond motifs is 2. The second-order valence-corrected chi connectivity index (χ2v) is 8.39. The summed E-state index contributed by atoms with van der Waals surface area (Å²) in [5, 5.41) is 13.6. The largest absolute Gasteiger partial charge is 0.359 e. The fourth-order valence-electron chi connectivity index (χ4n) is 3.78. The standard InChI is InChI=1S/C24H18N6S/c1-14-10-16-2-3-17(11-21(16)27-14)23-29-20-8-9-31-22(20)24(30-23)28-19-6-4-15(5-7-19)18-12-25-26-13-18/h2-13,27H,1H3,(H,25,26)(H,28,29,30). The van der Waals surface area contributed by atoms with E-state index in [-0.39, 0.29) is 0 Å². The number of aromatic amines is 2. The zero-order valence-corrected chi connectivity index (χ0v) is 17.5. The van der Waals surface area contributed by atoms with Crippen LogP contribution in [0.15, 0.2) is 72.4 Å². The van der Waals surface area contributed by atoms with Gasteiger partial charge >= 0.3 is 0 Å². The number of hydrogen-bond donors (Lipinski definition) is 3. The molecule has 0 atom stereocenters. The monoisotopic (exact) mass is 422 g/mol. The number of nitrogens with zero attached hydrogens (tertiary/aromatic N) is 3. The Morgan fingerprint density at radius 2 is 1.77 bits per heavy atom. The second kappa shape index (κ2) is 7.07. The zero-order chi connectivity index (χ0) is 20.8. The molecule has 0 unspecified atom stereocenters. The SMILES string of the molecule is Cc1cc2ccc(-c3nc(Nc4ccc(-c5cn[nH]c5)cc4)c4sccc4n3)cc2[nH]1. The topological polar surface area (TPSA) is 82.3 Å². The van der Waals surface area contributed by atoms with Gasteiger partial charge in [-0.3, -0.25) is 5.10 Å². The van der Waals surface area contributed by atoms with Crippen molar-refractivity contribution in [3.05, 3.63) is 78.1 Å². The second-order valence-electron chi connectivity index (χ2n) is 7.47. The highest BCUT2D eigenvalue weighted by atomic mass is 32.1. The molecule has 6 rings (SSSR count). The molecule has 0 aliphatic rings. The van der Waals surface area contributed by atoms with Crippen molar-refractivity contribution < 1.29 is 0 Å². The molecule has 31 heavy (non-hydrogen) atoms. The van der Waals surface area contributed by atoms with Crippen molar-refractivity contribution in [2.45, 2.75) is 6.92 Å². The molecular formula is C24H18N6S. The van der Waals surface area contributed by atoms with E-state index in [1.165, 1.54) is 5.39 Å². The highest BCUT2D eigenvalue weighted by molar-refractivity contribution is 7.17. The molecule has 150 valence electrons. The molecule has 4 heterocycles. The summed E-state index contributed by atoms with van der Waals surface area (Å²) in [7, 11) is 0. The molecule has 6 nitrogen and oxygen atoms in total. The highest BCUT2D eigenvalue weighted by Gasteiger charge is 2.12. The van der Waals surface area contributed by atoms with E-state index >= 15 is 0 Å². The first-order valence-electron chi connectivity index (χ1n) is 9.94. The minimum atomic E-state index is 0.706. The van der Waals surface area contributed by atoms with Crippen LogP contribution in [0.5, 0.6) is 0 Å². The predicted octanol–water partition coefficient (Wildman–Crippen LogP) is 6.28. The van der Waals surface area contributed by atoms with E-state index in [9.17, 15) is 0 Å². The molecule has 0 saturated heterocycles. The fraction of sp³-hybridized carbons (Fsp3) is 0.0417. The molecule has 6 aromatic rings. The van der Waals surface area contributed by atoms with E-state index in [1.54, 1.807) is 11.3 Å². The van der Waals surface area contributed by atoms with Crippen molar-refractivity contribution in [2.75, 3.05) is 5.32 Å². The van der Waals surface area contributed by atoms with Crippen molar-refractivity contribution in [3.63, 3.8) is 0 Å². The van der Waals surface area contributed by atoms with Crippen molar-refractivity contribution in [2.24, 2.45) is 0 Å². The van der Waals surface area contributed by atoms with Gasteiger partial charge in [0.2, 0.25) is 0 Å². The van der Waals surface area contributed by atoms with Crippen LogP contribution in [0.1, 0.15) is 5.69 Å². The van der Waals surface area contributed by atoms with Crippen molar-refractivity contribution >= 4 is 44.0 Å². The molecule has 0 fully saturated rings. The first-order valence-corrected chi connectivity index (χ1v) is 10.8. The van der Waals surface area contributed by atoms with Crippen LogP contribution in [0.4, 0.5) is 11.5 Å². The van der Waals surface area contributed by atoms with E-state index in [4.69, 9.17) is 9.97 Å². The summed E-state index contributed by atoms with van der Waals surface area (Å²) in [4.78, 5) is 13.1. The third kappa shape index (κ3) is 3.25. The normalized spacial score (nSPS) is 11.4. The first kappa shape index (κ1) is 17.9. The number of H-pyrrole nitrogens is 2. The van der Waals surface area contributed by atoms with Crippen molar-refractivity contribution in [3.8, 4) is 22.5 Å². The van der Waals surface area contributed by atoms with Gasteiger partial charge in [0.05, 0.1) is 16.4 Å². The smallest absolute Gasteiger partial charge is 0.162 e. The van der Waals surface area contributed by atoms with Gasteiger partial charge in [0.25, 0.3) is 0 Å². The Labute approximate surface area is 182 Å². The maximum atomic E-state index is 4.88. The summed E-state index contributed by atoms with van der Waals surface area (Å²) in [5.74, 6) is 1.52. The lowest BCUT2D eigenvalue weighted by molar-refractivity contribution is 1.09. The molecule has 2 aromatic carbocycles. The maximum Gasteiger partial charge on any atom is 0.162 e. The Hall–Kier alpha value is -3.97. The molecule has 0 aliphatic heterocycles. The van der Waals surface area contributed by atoms with Crippen molar-refractivity contribution in [1.82, 2.24) is 25.1 Å². The summed E-state index contributed by atoms with van der Waals surface area (Å²) in [6, 6.07) is 18.7. The molecule has 0 radical (unpaired) electrons. The number of hydrogen-bond acceptors (Lipinski definition) is 5. The molecule has 0 saturated carbocycles. The lowest BCUT2D eigenvalue weighted by Gasteiger charge is -2.10. The molecule has 0 amide bonds. The van der Waals surface area contributed by atoms with Gasteiger partial charge < -0.3 is 10.3 Å². The molecule has 4 aromatic heterocycles. The quantitative estimate of drug-likeness (QED) is 0.312. The number of aryl methyl sites for hydroxylation is 1. The molecule has 0 spiro atoms. The Morgan fingerprint density at radius 1 is 0.903 bits per heavy atom. The Kier molecular flexibility index (Phi) is 4.07. The van der Waals surface area contributed by atoms with Gasteiger partial charge in [0.15, 0.2) is 11.6 Å². The molecular weight excluding hydrogens is 404 g/mol. The van der Waals surface area contributed by atoms with Crippen LogP contribution in [0.25, 0.3) is 43.6 Å². The van der Waals surface area contributed by atoms with E-state index in [0.29, 0.717) is 5.82 Å². The van der Waals surface area contributed by atoms with Crippen LogP contribution in [0.3, 0.4) is 0 Å². The lowest BCUT2D eigenvalue weighted by Crippen LogP contribution is -1.98. The molecule has 0 aliphatic carbocycles. The van der Waals surface area contributed by atoms with Gasteiger partial charge in [-0.05, 0) is 53.6 Å². The molecule has 0 bridgehead atoms. The number of rotatable bonds is 4. The third-order valence-electron chi connectivity index (χ3n) is 5.30. The number of thiophene rings is 1. The van der Waals surface area contributed by atoms with Gasteiger partial charge in [-0.2, -0.15) is 5.10 Å². The van der Waals surface area contributed by atoms with Crippen LogP contribution in [-0.2, 0) is 0 Å². The summed E-state index contributed by atoms with van der Waals surface area (Å²) < 4.78 is 1.04. The molecule has 7 heteroatoms. The first-order chi connectivity index (χ1) is 15.2. The minimum absolute atomic E-state index is 0.706. The van der Waals surface area contributed by atoms with Gasteiger partial charge in [0, 0.05) is 34.2 Å². The summed E-state index contributed by atoms with van der Waals surface area (Å²) in [6.45, 7) is 2.06. The van der Waals surface area contributed by atoms with Crippen LogP contribution in [0, 0.1) is 6.92 Å². The van der Waals surface area contributed by atoms with Gasteiger partial charge in [-0.1, -0.05) is 24.3 Å². The van der Waals surface area contributed by atoms with Crippen LogP contribution in [-0.4, -0.2) is 25.1 Å². The number of nitrogens with one attached hydrogen (secondary N) is 3. The van der Waals surface area contributed by atoms with Crippen molar-refractivity contribution in [1.29, 1.82) is 0 Å². The zero-order valence-electron chi connectivity index (χ0n) is 16.7. The van der Waals surface area contributed by atoms with Crippen LogP contribution >= 0.6 is 11.3 Å². The van der Waals surface area contributed by atoms with Crippen LogP contribution in [0.2, 0.25) is 0 Å². The maximum absolute atomic E-state index is 4.88. The van der Waals surface area contributed by atoms with Gasteiger partial charge in [-0.15, -0.1) is 11.3 Å². The van der Waals surface area contributed by atoms with E-state index in [1.807, 2.05) is 23.8 Å². The average Bonchev–Trinajstić information content (AvgIpc) is 3.53. The van der Waals surface area contributed by atoms with E-state index < -0.39 is 0 Å². The Bertz CT molecular complexity index is 1510. The number of benzene rings is 2. The van der Waals surface area contributed by atoms with Gasteiger partial charge in [0.1, 0.15) is 0 Å². The Balaban J connectivity index is 1.39. The lowest BCUT2D eigenvalue weighted by atomic mass is 10.1. The van der Waals surface area contributed by atoms with E-state index in [0.717, 1.165) is 49.6 Å². The number of aromatic nitrogens is 5. The fourth-order valence-corrected chi connectivity index (χ4v) is 4.56. The third-order valence-corrected chi connectivity index (χ3v) is 6.21. The van der Waals surface area contributed by atoms with Gasteiger partial charge in [-0.25, -0.2) is 9.97 Å². The Morgan fingerprint density at radius 3 is 2.61 bits per heavy atom. The minimum Gasteiger partial charge on any atom is -0.359 e. The summed E-state index contributed by atoms with van der Waals surface area (Å²) in [6.07, 6.45) is 3.70. The predicted molar refractivity (Wildman–Crippen MR) is 127 cm³/mol. The summed E-state index contributed by atoms with van der Waals surface area (Å²) >= 11 is 1.64. The van der Waals surface area contributed by atoms with E-state index in [2.05, 4.69) is 76.0 Å². The number of anilines is 2. The summed E-state index contributed by atoms with van der Waals surface area (Å²) in [5.41, 5.74) is 7.30.